The highest BCUT2D eigenvalue weighted by atomic mass is 32.2. The normalized spacial score (nSPS) is 17.2. The summed E-state index contributed by atoms with van der Waals surface area (Å²) in [5, 5.41) is 12.2. The third kappa shape index (κ3) is 4.24. The van der Waals surface area contributed by atoms with Gasteiger partial charge in [-0.2, -0.15) is 0 Å². The molecule has 1 aliphatic heterocycles. The zero-order valence-electron chi connectivity index (χ0n) is 18.7. The molecule has 2 heterocycles. The van der Waals surface area contributed by atoms with Crippen molar-refractivity contribution in [2.75, 3.05) is 10.7 Å². The molecule has 1 aromatic heterocycles. The minimum absolute atomic E-state index is 0.0689. The maximum absolute atomic E-state index is 13.5. The molecule has 1 amide bonds. The topological polar surface area (TPSA) is 71.8 Å². The first-order chi connectivity index (χ1) is 16.0. The monoisotopic (exact) mass is 455 g/mol. The minimum atomic E-state index is -0.422. The lowest BCUT2D eigenvalue weighted by Gasteiger charge is -2.33. The van der Waals surface area contributed by atoms with E-state index in [4.69, 9.17) is 0 Å². The highest BCUT2D eigenvalue weighted by Gasteiger charge is 2.38. The molecule has 6 nitrogen and oxygen atoms in total. The molecule has 7 heteroatoms. The van der Waals surface area contributed by atoms with Gasteiger partial charge in [0.05, 0.1) is 6.04 Å². The first kappa shape index (κ1) is 21.3. The number of aryl methyl sites for hydroxylation is 3. The predicted octanol–water partition coefficient (Wildman–Crippen LogP) is 5.27. The van der Waals surface area contributed by atoms with Gasteiger partial charge in [-0.05, 0) is 38.0 Å². The van der Waals surface area contributed by atoms with Gasteiger partial charge in [0.25, 0.3) is 0 Å². The Bertz CT molecular complexity index is 1300. The Morgan fingerprint density at radius 2 is 1.67 bits per heavy atom. The lowest BCUT2D eigenvalue weighted by molar-refractivity contribution is -0.116. The van der Waals surface area contributed by atoms with Gasteiger partial charge in [0.1, 0.15) is 5.25 Å². The van der Waals surface area contributed by atoms with E-state index in [2.05, 4.69) is 58.2 Å². The Kier molecular flexibility index (Phi) is 5.64. The van der Waals surface area contributed by atoms with Crippen LogP contribution in [0.5, 0.6) is 0 Å². The fourth-order valence-electron chi connectivity index (χ4n) is 4.01. The predicted molar refractivity (Wildman–Crippen MR) is 133 cm³/mol. The van der Waals surface area contributed by atoms with Crippen LogP contribution in [-0.4, -0.2) is 26.0 Å². The van der Waals surface area contributed by atoms with Crippen molar-refractivity contribution < 1.29 is 4.79 Å². The molecule has 166 valence electrons. The van der Waals surface area contributed by atoms with Crippen molar-refractivity contribution in [3.63, 3.8) is 0 Å². The second-order valence-electron chi connectivity index (χ2n) is 8.37. The molecular formula is C26H25N5OS. The summed E-state index contributed by atoms with van der Waals surface area (Å²) >= 11 is 1.43. The van der Waals surface area contributed by atoms with Gasteiger partial charge in [0, 0.05) is 11.3 Å². The third-order valence-corrected chi connectivity index (χ3v) is 7.02. The van der Waals surface area contributed by atoms with Gasteiger partial charge in [-0.1, -0.05) is 89.6 Å². The van der Waals surface area contributed by atoms with Gasteiger partial charge in [-0.3, -0.25) is 4.79 Å². The van der Waals surface area contributed by atoms with Crippen LogP contribution >= 0.6 is 11.8 Å². The fourth-order valence-corrected chi connectivity index (χ4v) is 5.09. The van der Waals surface area contributed by atoms with Crippen LogP contribution in [0.4, 0.5) is 5.69 Å². The summed E-state index contributed by atoms with van der Waals surface area (Å²) in [5.74, 6) is 0.656. The van der Waals surface area contributed by atoms with E-state index < -0.39 is 5.25 Å². The maximum atomic E-state index is 13.5. The van der Waals surface area contributed by atoms with Gasteiger partial charge >= 0.3 is 0 Å². The quantitative estimate of drug-likeness (QED) is 0.439. The van der Waals surface area contributed by atoms with Crippen molar-refractivity contribution in [2.45, 2.75) is 37.2 Å². The van der Waals surface area contributed by atoms with E-state index in [1.54, 1.807) is 0 Å². The zero-order valence-corrected chi connectivity index (χ0v) is 19.6. The van der Waals surface area contributed by atoms with Crippen LogP contribution in [0.2, 0.25) is 0 Å². The van der Waals surface area contributed by atoms with Gasteiger partial charge in [-0.15, -0.1) is 10.2 Å². The first-order valence-corrected chi connectivity index (χ1v) is 11.8. The number of hydrogen-bond donors (Lipinski definition) is 2. The number of nitrogens with zero attached hydrogens (tertiary/aromatic N) is 3. The molecule has 0 aliphatic carbocycles. The number of fused-ring (bicyclic) bond motifs is 1. The van der Waals surface area contributed by atoms with Crippen molar-refractivity contribution in [3.05, 3.63) is 95.1 Å². The number of carbonyl (C=O) groups is 1. The SMILES string of the molecule is Cc1ccc([C@H]2Nn3c(nnc3-c3ccccc3)S[C@@H]2C(=O)Nc2ccc(C)cc2C)cc1. The summed E-state index contributed by atoms with van der Waals surface area (Å²) in [7, 11) is 0. The summed E-state index contributed by atoms with van der Waals surface area (Å²) in [6, 6.07) is 24.0. The number of rotatable bonds is 4. The number of hydrogen-bond acceptors (Lipinski definition) is 5. The number of thioether (sulfide) groups is 1. The summed E-state index contributed by atoms with van der Waals surface area (Å²) in [5.41, 5.74) is 9.73. The maximum Gasteiger partial charge on any atom is 0.240 e. The van der Waals surface area contributed by atoms with Crippen LogP contribution in [0.15, 0.2) is 78.0 Å². The molecule has 33 heavy (non-hydrogen) atoms. The van der Waals surface area contributed by atoms with Crippen molar-refractivity contribution in [2.24, 2.45) is 0 Å². The number of anilines is 1. The van der Waals surface area contributed by atoms with Crippen LogP contribution in [0.1, 0.15) is 28.3 Å². The van der Waals surface area contributed by atoms with Crippen molar-refractivity contribution >= 4 is 23.4 Å². The second kappa shape index (κ2) is 8.75. The Morgan fingerprint density at radius 1 is 0.939 bits per heavy atom. The molecule has 3 aromatic carbocycles. The summed E-state index contributed by atoms with van der Waals surface area (Å²) in [4.78, 5) is 13.5. The standard InChI is InChI=1S/C26H25N5OS/c1-16-9-12-19(13-10-16)22-23(25(32)27-21-14-11-17(2)15-18(21)3)33-26-29-28-24(31(26)30-22)20-7-5-4-6-8-20/h4-15,22-23,30H,1-3H3,(H,27,32)/t22-,23+/m1/s1. The second-order valence-corrected chi connectivity index (χ2v) is 9.48. The molecular weight excluding hydrogens is 430 g/mol. The molecule has 0 saturated heterocycles. The molecule has 2 N–H and O–H groups in total. The van der Waals surface area contributed by atoms with Crippen molar-refractivity contribution in [1.82, 2.24) is 14.9 Å². The lowest BCUT2D eigenvalue weighted by atomic mass is 10.0. The highest BCUT2D eigenvalue weighted by molar-refractivity contribution is 8.00. The number of benzene rings is 3. The lowest BCUT2D eigenvalue weighted by Crippen LogP contribution is -2.41. The van der Waals surface area contributed by atoms with E-state index in [1.165, 1.54) is 22.9 Å². The molecule has 0 fully saturated rings. The third-order valence-electron chi connectivity index (χ3n) is 5.80. The van der Waals surface area contributed by atoms with Crippen LogP contribution in [0.3, 0.4) is 0 Å². The van der Waals surface area contributed by atoms with Gasteiger partial charge in [-0.25, -0.2) is 4.68 Å². The number of carbonyl (C=O) groups excluding carboxylic acids is 1. The number of amides is 1. The van der Waals surface area contributed by atoms with Crippen LogP contribution < -0.4 is 10.7 Å². The molecule has 0 bridgehead atoms. The fraction of sp³-hybridized carbons (Fsp3) is 0.192. The number of aromatic nitrogens is 3. The van der Waals surface area contributed by atoms with Crippen LogP contribution in [0, 0.1) is 20.8 Å². The van der Waals surface area contributed by atoms with Crippen molar-refractivity contribution in [3.8, 4) is 11.4 Å². The van der Waals surface area contributed by atoms with Crippen molar-refractivity contribution in [1.29, 1.82) is 0 Å². The first-order valence-electron chi connectivity index (χ1n) is 10.9. The molecule has 2 atom stereocenters. The van der Waals surface area contributed by atoms with Crippen LogP contribution in [0.25, 0.3) is 11.4 Å². The molecule has 5 rings (SSSR count). The van der Waals surface area contributed by atoms with E-state index in [1.807, 2.05) is 61.0 Å². The Labute approximate surface area is 197 Å². The molecule has 4 aromatic rings. The highest BCUT2D eigenvalue weighted by Crippen LogP contribution is 2.39. The van der Waals surface area contributed by atoms with Gasteiger partial charge < -0.3 is 10.7 Å². The Hall–Kier alpha value is -3.58. The number of nitrogens with one attached hydrogen (secondary N) is 2. The van der Waals surface area contributed by atoms with E-state index in [0.29, 0.717) is 5.16 Å². The zero-order chi connectivity index (χ0) is 22.9. The summed E-state index contributed by atoms with van der Waals surface area (Å²) in [6.45, 7) is 6.11. The average Bonchev–Trinajstić information content (AvgIpc) is 3.24. The Morgan fingerprint density at radius 3 is 2.39 bits per heavy atom. The molecule has 1 aliphatic rings. The van der Waals surface area contributed by atoms with E-state index in [9.17, 15) is 4.79 Å². The Balaban J connectivity index is 1.51. The van der Waals surface area contributed by atoms with Gasteiger partial charge in [0.2, 0.25) is 11.1 Å². The average molecular weight is 456 g/mol. The van der Waals surface area contributed by atoms with Crippen LogP contribution in [-0.2, 0) is 4.79 Å². The summed E-state index contributed by atoms with van der Waals surface area (Å²) in [6.07, 6.45) is 0. The molecule has 0 radical (unpaired) electrons. The van der Waals surface area contributed by atoms with E-state index >= 15 is 0 Å². The minimum Gasteiger partial charge on any atom is -0.325 e. The smallest absolute Gasteiger partial charge is 0.240 e. The van der Waals surface area contributed by atoms with E-state index in [0.717, 1.165) is 28.2 Å². The molecule has 0 spiro atoms. The van der Waals surface area contributed by atoms with E-state index in [-0.39, 0.29) is 11.9 Å². The van der Waals surface area contributed by atoms with Gasteiger partial charge in [0.15, 0.2) is 5.82 Å². The molecule has 0 saturated carbocycles. The molecule has 0 unspecified atom stereocenters. The summed E-state index contributed by atoms with van der Waals surface area (Å²) < 4.78 is 1.89. The largest absolute Gasteiger partial charge is 0.325 e.